The van der Waals surface area contributed by atoms with Gasteiger partial charge < -0.3 is 21.1 Å². The Bertz CT molecular complexity index is 509. The zero-order chi connectivity index (χ0) is 14.5. The van der Waals surface area contributed by atoms with Gasteiger partial charge in [0.1, 0.15) is 0 Å². The molecule has 6 nitrogen and oxygen atoms in total. The number of anilines is 1. The van der Waals surface area contributed by atoms with Gasteiger partial charge in [0.2, 0.25) is 0 Å². The fourth-order valence-corrected chi connectivity index (χ4v) is 2.35. The number of carbonyl (C=O) groups is 2. The van der Waals surface area contributed by atoms with Crippen molar-refractivity contribution in [1.29, 1.82) is 0 Å². The Morgan fingerprint density at radius 1 is 1.35 bits per heavy atom. The number of halogens is 1. The van der Waals surface area contributed by atoms with E-state index in [1.807, 2.05) is 0 Å². The standard InChI is InChI=1S/C13H16ClN3O3/c14-9-2-1-3-10(5-9)16-13(20)17-11-4-8(12(18)19)6-15-7-11/h1-3,5,8,11,15H,4,6-7H2,(H,18,19)(H2,16,17,20)/t8-,11+/m0/s1. The number of carbonyl (C=O) groups excluding carboxylic acids is 1. The van der Waals surface area contributed by atoms with E-state index >= 15 is 0 Å². The lowest BCUT2D eigenvalue weighted by Gasteiger charge is -2.28. The highest BCUT2D eigenvalue weighted by Gasteiger charge is 2.27. The predicted molar refractivity (Wildman–Crippen MR) is 76.0 cm³/mol. The summed E-state index contributed by atoms with van der Waals surface area (Å²) in [6.07, 6.45) is 0.422. The lowest BCUT2D eigenvalue weighted by Crippen LogP contribution is -2.51. The van der Waals surface area contributed by atoms with E-state index in [4.69, 9.17) is 16.7 Å². The first-order valence-electron chi connectivity index (χ1n) is 6.31. The largest absolute Gasteiger partial charge is 0.481 e. The Labute approximate surface area is 121 Å². The first-order chi connectivity index (χ1) is 9.54. The molecule has 1 heterocycles. The van der Waals surface area contributed by atoms with Gasteiger partial charge in [-0.25, -0.2) is 4.79 Å². The zero-order valence-corrected chi connectivity index (χ0v) is 11.5. The van der Waals surface area contributed by atoms with Crippen LogP contribution in [-0.4, -0.2) is 36.2 Å². The number of rotatable bonds is 3. The van der Waals surface area contributed by atoms with Crippen LogP contribution in [0, 0.1) is 5.92 Å². The molecule has 0 bridgehead atoms. The molecule has 2 rings (SSSR count). The summed E-state index contributed by atoms with van der Waals surface area (Å²) in [4.78, 5) is 22.8. The van der Waals surface area contributed by atoms with Gasteiger partial charge in [-0.05, 0) is 24.6 Å². The van der Waals surface area contributed by atoms with Crippen molar-refractivity contribution in [1.82, 2.24) is 10.6 Å². The van der Waals surface area contributed by atoms with Crippen molar-refractivity contribution in [3.05, 3.63) is 29.3 Å². The number of urea groups is 1. The Kier molecular flexibility index (Phi) is 4.81. The molecule has 7 heteroatoms. The fourth-order valence-electron chi connectivity index (χ4n) is 2.16. The average molecular weight is 298 g/mol. The molecule has 1 aliphatic heterocycles. The SMILES string of the molecule is O=C(Nc1cccc(Cl)c1)N[C@H]1CNC[C@@H](C(=O)O)C1. The quantitative estimate of drug-likeness (QED) is 0.681. The van der Waals surface area contributed by atoms with Crippen molar-refractivity contribution in [3.63, 3.8) is 0 Å². The number of aliphatic carboxylic acids is 1. The molecular weight excluding hydrogens is 282 g/mol. The molecule has 2 atom stereocenters. The van der Waals surface area contributed by atoms with Gasteiger partial charge in [0.05, 0.1) is 5.92 Å². The minimum Gasteiger partial charge on any atom is -0.481 e. The van der Waals surface area contributed by atoms with Crippen LogP contribution < -0.4 is 16.0 Å². The number of benzene rings is 1. The third-order valence-corrected chi connectivity index (χ3v) is 3.35. The molecular formula is C13H16ClN3O3. The summed E-state index contributed by atoms with van der Waals surface area (Å²) in [6, 6.07) is 6.24. The first kappa shape index (κ1) is 14.6. The molecule has 4 N–H and O–H groups in total. The summed E-state index contributed by atoms with van der Waals surface area (Å²) in [7, 11) is 0. The monoisotopic (exact) mass is 297 g/mol. The maximum atomic E-state index is 11.8. The molecule has 2 amide bonds. The second kappa shape index (κ2) is 6.58. The first-order valence-corrected chi connectivity index (χ1v) is 6.69. The van der Waals surface area contributed by atoms with Crippen molar-refractivity contribution in [3.8, 4) is 0 Å². The minimum atomic E-state index is -0.848. The van der Waals surface area contributed by atoms with Crippen LogP contribution in [0.2, 0.25) is 5.02 Å². The number of hydrogen-bond donors (Lipinski definition) is 4. The van der Waals surface area contributed by atoms with Crippen molar-refractivity contribution in [2.45, 2.75) is 12.5 Å². The van der Waals surface area contributed by atoms with Gasteiger partial charge in [-0.15, -0.1) is 0 Å². The molecule has 0 spiro atoms. The van der Waals surface area contributed by atoms with Crippen LogP contribution in [-0.2, 0) is 4.79 Å². The van der Waals surface area contributed by atoms with E-state index in [9.17, 15) is 9.59 Å². The number of hydrogen-bond acceptors (Lipinski definition) is 3. The Hall–Kier alpha value is -1.79. The van der Waals surface area contributed by atoms with Crippen molar-refractivity contribution < 1.29 is 14.7 Å². The number of piperidine rings is 1. The van der Waals surface area contributed by atoms with E-state index in [0.29, 0.717) is 30.2 Å². The number of carboxylic acid groups (broad SMARTS) is 1. The van der Waals surface area contributed by atoms with E-state index < -0.39 is 11.9 Å². The van der Waals surface area contributed by atoms with E-state index in [0.717, 1.165) is 0 Å². The average Bonchev–Trinajstić information content (AvgIpc) is 2.38. The van der Waals surface area contributed by atoms with Gasteiger partial charge >= 0.3 is 12.0 Å². The second-order valence-corrected chi connectivity index (χ2v) is 5.17. The van der Waals surface area contributed by atoms with Crippen molar-refractivity contribution in [2.75, 3.05) is 18.4 Å². The van der Waals surface area contributed by atoms with Gasteiger partial charge in [0.15, 0.2) is 0 Å². The molecule has 0 aromatic heterocycles. The topological polar surface area (TPSA) is 90.5 Å². The summed E-state index contributed by atoms with van der Waals surface area (Å²) in [6.45, 7) is 0.996. The fraction of sp³-hybridized carbons (Fsp3) is 0.385. The number of amides is 2. The second-order valence-electron chi connectivity index (χ2n) is 4.73. The summed E-state index contributed by atoms with van der Waals surface area (Å²) in [5.74, 6) is -1.32. The van der Waals surface area contributed by atoms with Crippen molar-refractivity contribution >= 4 is 29.3 Å². The maximum Gasteiger partial charge on any atom is 0.319 e. The van der Waals surface area contributed by atoms with Crippen LogP contribution >= 0.6 is 11.6 Å². The van der Waals surface area contributed by atoms with Gasteiger partial charge in [0, 0.05) is 29.8 Å². The molecule has 1 aromatic rings. The molecule has 1 aromatic carbocycles. The molecule has 0 saturated carbocycles. The van der Waals surface area contributed by atoms with Gasteiger partial charge in [-0.3, -0.25) is 4.79 Å². The maximum absolute atomic E-state index is 11.8. The molecule has 1 aliphatic rings. The molecule has 1 saturated heterocycles. The van der Waals surface area contributed by atoms with E-state index in [1.165, 1.54) is 0 Å². The van der Waals surface area contributed by atoms with Crippen LogP contribution in [0.3, 0.4) is 0 Å². The normalized spacial score (nSPS) is 22.1. The van der Waals surface area contributed by atoms with Crippen LogP contribution in [0.15, 0.2) is 24.3 Å². The summed E-state index contributed by atoms with van der Waals surface area (Å²) < 4.78 is 0. The zero-order valence-electron chi connectivity index (χ0n) is 10.7. The molecule has 1 fully saturated rings. The third kappa shape index (κ3) is 4.11. The lowest BCUT2D eigenvalue weighted by molar-refractivity contribution is -0.142. The van der Waals surface area contributed by atoms with E-state index in [-0.39, 0.29) is 12.1 Å². The molecule has 0 aliphatic carbocycles. The smallest absolute Gasteiger partial charge is 0.319 e. The summed E-state index contributed by atoms with van der Waals surface area (Å²) in [5.41, 5.74) is 0.591. The van der Waals surface area contributed by atoms with Gasteiger partial charge in [0.25, 0.3) is 0 Å². The van der Waals surface area contributed by atoms with Crippen molar-refractivity contribution in [2.24, 2.45) is 5.92 Å². The Morgan fingerprint density at radius 2 is 2.15 bits per heavy atom. The van der Waals surface area contributed by atoms with E-state index in [1.54, 1.807) is 24.3 Å². The summed E-state index contributed by atoms with van der Waals surface area (Å²) >= 11 is 5.83. The van der Waals surface area contributed by atoms with Crippen LogP contribution in [0.25, 0.3) is 0 Å². The third-order valence-electron chi connectivity index (χ3n) is 3.12. The number of carboxylic acids is 1. The van der Waals surface area contributed by atoms with Crippen LogP contribution in [0.4, 0.5) is 10.5 Å². The van der Waals surface area contributed by atoms with E-state index in [2.05, 4.69) is 16.0 Å². The highest BCUT2D eigenvalue weighted by molar-refractivity contribution is 6.30. The van der Waals surface area contributed by atoms with Gasteiger partial charge in [-0.1, -0.05) is 17.7 Å². The highest BCUT2D eigenvalue weighted by atomic mass is 35.5. The number of nitrogens with one attached hydrogen (secondary N) is 3. The Balaban J connectivity index is 1.86. The molecule has 0 radical (unpaired) electrons. The highest BCUT2D eigenvalue weighted by Crippen LogP contribution is 2.15. The lowest BCUT2D eigenvalue weighted by atomic mass is 9.96. The summed E-state index contributed by atoms with van der Waals surface area (Å²) in [5, 5.41) is 17.9. The van der Waals surface area contributed by atoms with Gasteiger partial charge in [-0.2, -0.15) is 0 Å². The molecule has 108 valence electrons. The predicted octanol–water partition coefficient (Wildman–Crippen LogP) is 1.52. The Morgan fingerprint density at radius 3 is 2.85 bits per heavy atom. The van der Waals surface area contributed by atoms with Crippen LogP contribution in [0.1, 0.15) is 6.42 Å². The molecule has 0 unspecified atom stereocenters. The minimum absolute atomic E-state index is 0.205. The molecule has 20 heavy (non-hydrogen) atoms. The van der Waals surface area contributed by atoms with Crippen LogP contribution in [0.5, 0.6) is 0 Å².